The lowest BCUT2D eigenvalue weighted by Gasteiger charge is -2.33. The number of nitrogen functional groups attached to an aromatic ring is 1. The molecule has 0 spiro atoms. The van der Waals surface area contributed by atoms with Gasteiger partial charge in [0.1, 0.15) is 17.7 Å². The highest BCUT2D eigenvalue weighted by atomic mass is 35.5. The first-order valence-corrected chi connectivity index (χ1v) is 14.4. The van der Waals surface area contributed by atoms with Gasteiger partial charge in [-0.2, -0.15) is 0 Å². The first-order valence-electron chi connectivity index (χ1n) is 12.6. The van der Waals surface area contributed by atoms with Crippen molar-refractivity contribution >= 4 is 51.0 Å². The molecule has 39 heavy (non-hydrogen) atoms. The van der Waals surface area contributed by atoms with Crippen molar-refractivity contribution in [1.29, 1.82) is 10.8 Å². The number of benzene rings is 2. The smallest absolute Gasteiger partial charge is 0.323 e. The van der Waals surface area contributed by atoms with Crippen molar-refractivity contribution in [2.24, 2.45) is 5.73 Å². The average molecular weight is 576 g/mol. The summed E-state index contributed by atoms with van der Waals surface area (Å²) in [6, 6.07) is 11.5. The Morgan fingerprint density at radius 1 is 1.26 bits per heavy atom. The highest BCUT2D eigenvalue weighted by molar-refractivity contribution is 7.94. The summed E-state index contributed by atoms with van der Waals surface area (Å²) in [5.74, 6) is -0.596. The molecular formula is C27H34ClN5O5S. The molecule has 1 saturated heterocycles. The van der Waals surface area contributed by atoms with Gasteiger partial charge in [0, 0.05) is 31.5 Å². The van der Waals surface area contributed by atoms with Crippen molar-refractivity contribution in [3.05, 3.63) is 64.7 Å². The number of carboxylic acid groups (broad SMARTS) is 1. The number of hydrogen-bond donors (Lipinski definition) is 4. The Morgan fingerprint density at radius 2 is 1.95 bits per heavy atom. The number of halogens is 1. The van der Waals surface area contributed by atoms with Crippen LogP contribution >= 0.6 is 11.6 Å². The number of likely N-dealkylation sites (tertiary alicyclic amines) is 1. The molecule has 1 heterocycles. The number of carbonyl (C=O) groups is 1. The maximum absolute atomic E-state index is 13.5. The molecule has 5 N–H and O–H groups in total. The van der Waals surface area contributed by atoms with E-state index < -0.39 is 21.2 Å². The summed E-state index contributed by atoms with van der Waals surface area (Å²) in [6.07, 6.45) is 4.53. The van der Waals surface area contributed by atoms with Crippen molar-refractivity contribution in [2.75, 3.05) is 23.9 Å². The molecule has 0 amide bonds. The van der Waals surface area contributed by atoms with Gasteiger partial charge in [-0.05, 0) is 43.2 Å². The van der Waals surface area contributed by atoms with E-state index in [0.29, 0.717) is 35.8 Å². The highest BCUT2D eigenvalue weighted by Gasteiger charge is 2.36. The Labute approximate surface area is 234 Å². The zero-order chi connectivity index (χ0) is 28.7. The molecule has 0 radical (unpaired) electrons. The molecule has 1 unspecified atom stereocenters. The van der Waals surface area contributed by atoms with E-state index in [1.165, 1.54) is 13.0 Å². The number of nitrogens with one attached hydrogen (secondary N) is 2. The van der Waals surface area contributed by atoms with Gasteiger partial charge in [0.15, 0.2) is 5.25 Å². The Hall–Kier alpha value is -3.57. The fraction of sp³-hybridized carbons (Fsp3) is 0.370. The van der Waals surface area contributed by atoms with Gasteiger partial charge in [-0.25, -0.2) is 8.42 Å². The SMILES string of the molecule is CCC(C(=O)O)S(=O)(=O)N(C/C=C/c1cccc(C(=N)N)c1)c1ccc(OC2CCN(C(C)=N)CC2)c(Cl)c1. The van der Waals surface area contributed by atoms with Crippen LogP contribution in [0.4, 0.5) is 5.69 Å². The molecule has 2 aromatic carbocycles. The number of aliphatic carboxylic acids is 1. The number of nitrogens with two attached hydrogens (primary N) is 1. The Morgan fingerprint density at radius 3 is 2.51 bits per heavy atom. The van der Waals surface area contributed by atoms with E-state index in [9.17, 15) is 18.3 Å². The van der Waals surface area contributed by atoms with Gasteiger partial charge in [-0.3, -0.25) is 19.9 Å². The highest BCUT2D eigenvalue weighted by Crippen LogP contribution is 2.33. The maximum atomic E-state index is 13.5. The Balaban J connectivity index is 1.87. The van der Waals surface area contributed by atoms with Crippen molar-refractivity contribution < 1.29 is 23.1 Å². The second-order valence-electron chi connectivity index (χ2n) is 9.26. The molecular weight excluding hydrogens is 542 g/mol. The number of carboxylic acids is 1. The number of sulfonamides is 1. The lowest BCUT2D eigenvalue weighted by Crippen LogP contribution is -2.42. The van der Waals surface area contributed by atoms with E-state index >= 15 is 0 Å². The summed E-state index contributed by atoms with van der Waals surface area (Å²) in [4.78, 5) is 13.8. The predicted octanol–water partition coefficient (Wildman–Crippen LogP) is 4.18. The van der Waals surface area contributed by atoms with Crippen LogP contribution < -0.4 is 14.8 Å². The van der Waals surface area contributed by atoms with Gasteiger partial charge in [-0.15, -0.1) is 0 Å². The van der Waals surface area contributed by atoms with Crippen LogP contribution in [0.3, 0.4) is 0 Å². The third kappa shape index (κ3) is 7.51. The van der Waals surface area contributed by atoms with E-state index in [4.69, 9.17) is 32.9 Å². The van der Waals surface area contributed by atoms with Crippen LogP contribution in [0, 0.1) is 10.8 Å². The van der Waals surface area contributed by atoms with Gasteiger partial charge in [-0.1, -0.05) is 48.9 Å². The number of rotatable bonds is 11. The number of piperidine rings is 1. The van der Waals surface area contributed by atoms with Crippen LogP contribution in [0.1, 0.15) is 44.2 Å². The summed E-state index contributed by atoms with van der Waals surface area (Å²) in [5, 5.41) is 23.6. The normalized spacial score (nSPS) is 15.2. The van der Waals surface area contributed by atoms with Crippen LogP contribution in [-0.2, 0) is 14.8 Å². The fourth-order valence-electron chi connectivity index (χ4n) is 4.35. The molecule has 0 bridgehead atoms. The molecule has 1 aliphatic heterocycles. The molecule has 0 aromatic heterocycles. The van der Waals surface area contributed by atoms with E-state index in [0.717, 1.165) is 17.1 Å². The molecule has 1 aliphatic rings. The second kappa shape index (κ2) is 13.0. The summed E-state index contributed by atoms with van der Waals surface area (Å²) < 4.78 is 34.0. The number of anilines is 1. The summed E-state index contributed by atoms with van der Waals surface area (Å²) >= 11 is 6.52. The monoisotopic (exact) mass is 575 g/mol. The number of hydrogen-bond acceptors (Lipinski definition) is 6. The third-order valence-corrected chi connectivity index (χ3v) is 9.03. The van der Waals surface area contributed by atoms with E-state index in [1.807, 2.05) is 4.90 Å². The molecule has 2 aromatic rings. The minimum atomic E-state index is -4.31. The molecule has 1 atom stereocenters. The first-order chi connectivity index (χ1) is 18.4. The molecule has 1 fully saturated rings. The maximum Gasteiger partial charge on any atom is 0.323 e. The van der Waals surface area contributed by atoms with Gasteiger partial charge in [0.05, 0.1) is 23.1 Å². The summed E-state index contributed by atoms with van der Waals surface area (Å²) in [5.41, 5.74) is 7.00. The second-order valence-corrected chi connectivity index (χ2v) is 11.7. The van der Waals surface area contributed by atoms with Gasteiger partial charge in [0.25, 0.3) is 0 Å². The zero-order valence-corrected chi connectivity index (χ0v) is 23.5. The van der Waals surface area contributed by atoms with Gasteiger partial charge >= 0.3 is 5.97 Å². The summed E-state index contributed by atoms with van der Waals surface area (Å²) in [6.45, 7) is 4.53. The minimum Gasteiger partial charge on any atom is -0.489 e. The van der Waals surface area contributed by atoms with Crippen LogP contribution in [0.25, 0.3) is 6.08 Å². The third-order valence-electron chi connectivity index (χ3n) is 6.51. The first kappa shape index (κ1) is 30.0. The largest absolute Gasteiger partial charge is 0.489 e. The van der Waals surface area contributed by atoms with Crippen LogP contribution in [0.2, 0.25) is 5.02 Å². The van der Waals surface area contributed by atoms with Crippen LogP contribution in [0.5, 0.6) is 5.75 Å². The lowest BCUT2D eigenvalue weighted by atomic mass is 10.1. The van der Waals surface area contributed by atoms with Gasteiger partial charge < -0.3 is 20.5 Å². The molecule has 10 nitrogen and oxygen atoms in total. The quantitative estimate of drug-likeness (QED) is 0.231. The number of amidine groups is 2. The van der Waals surface area contributed by atoms with Crippen molar-refractivity contribution in [3.63, 3.8) is 0 Å². The average Bonchev–Trinajstić information content (AvgIpc) is 2.88. The molecule has 12 heteroatoms. The summed E-state index contributed by atoms with van der Waals surface area (Å²) in [7, 11) is -4.31. The Bertz CT molecular complexity index is 1360. The lowest BCUT2D eigenvalue weighted by molar-refractivity contribution is -0.136. The van der Waals surface area contributed by atoms with Crippen LogP contribution in [0.15, 0.2) is 48.5 Å². The van der Waals surface area contributed by atoms with E-state index in [-0.39, 0.29) is 35.6 Å². The molecule has 3 rings (SSSR count). The van der Waals surface area contributed by atoms with E-state index in [1.54, 1.807) is 55.5 Å². The van der Waals surface area contributed by atoms with Crippen molar-refractivity contribution in [1.82, 2.24) is 4.90 Å². The number of nitrogens with zero attached hydrogens (tertiary/aromatic N) is 2. The molecule has 0 aliphatic carbocycles. The topological polar surface area (TPSA) is 161 Å². The van der Waals surface area contributed by atoms with Crippen molar-refractivity contribution in [3.8, 4) is 5.75 Å². The van der Waals surface area contributed by atoms with Crippen LogP contribution in [-0.4, -0.2) is 67.1 Å². The Kier molecular flexibility index (Phi) is 9.98. The number of ether oxygens (including phenoxy) is 1. The molecule has 0 saturated carbocycles. The van der Waals surface area contributed by atoms with Gasteiger partial charge in [0.2, 0.25) is 10.0 Å². The fourth-order valence-corrected chi connectivity index (χ4v) is 6.25. The predicted molar refractivity (Wildman–Crippen MR) is 155 cm³/mol. The molecule has 210 valence electrons. The zero-order valence-electron chi connectivity index (χ0n) is 21.9. The standard InChI is InChI=1S/C27H34ClN5O5S/c1-3-25(27(34)35)39(36,37)33(13-5-7-19-6-4-8-20(16-19)26(30)31)21-9-10-24(23(28)17-21)38-22-11-14-32(15-12-22)18(2)29/h4-10,16-17,22,25,29H,3,11-15H2,1-2H3,(H3,30,31)(H,34,35)/b7-5+,29-18?. The van der Waals surface area contributed by atoms with Crippen molar-refractivity contribution in [2.45, 2.75) is 44.5 Å². The minimum absolute atomic E-state index is 0.0889. The van der Waals surface area contributed by atoms with E-state index in [2.05, 4.69) is 0 Å².